The lowest BCUT2D eigenvalue weighted by molar-refractivity contribution is 0.0474. The molecule has 1 N–H and O–H groups in total. The lowest BCUT2D eigenvalue weighted by atomic mass is 10.0. The number of para-hydroxylation sites is 1. The Kier molecular flexibility index (Phi) is 4.78. The van der Waals surface area contributed by atoms with Crippen LogP contribution in [0.4, 0.5) is 0 Å². The fourth-order valence-corrected chi connectivity index (χ4v) is 4.28. The number of hydrogen-bond donors (Lipinski definition) is 1. The standard InChI is InChI=1S/C23H22N2O4/c1-12-20(14(3)26)13(2)24-22(12)19(27)11-29-23(28)21-15-7-4-5-9-17(15)25-18-10-6-8-16(18)21/h4-5,7,9,24H,6,8,10-11H2,1-3H3. The number of nitrogens with one attached hydrogen (secondary N) is 1. The monoisotopic (exact) mass is 390 g/mol. The second-order valence-corrected chi connectivity index (χ2v) is 7.46. The van der Waals surface area contributed by atoms with Gasteiger partial charge in [-0.1, -0.05) is 18.2 Å². The molecule has 0 fully saturated rings. The summed E-state index contributed by atoms with van der Waals surface area (Å²) in [6, 6.07) is 7.49. The average molecular weight is 390 g/mol. The number of ketones is 2. The van der Waals surface area contributed by atoms with Crippen molar-refractivity contribution in [1.29, 1.82) is 0 Å². The van der Waals surface area contributed by atoms with Gasteiger partial charge in [0.05, 0.1) is 16.8 Å². The van der Waals surface area contributed by atoms with Crippen LogP contribution in [0.1, 0.15) is 67.1 Å². The van der Waals surface area contributed by atoms with Crippen molar-refractivity contribution >= 4 is 28.4 Å². The molecule has 0 spiro atoms. The normalized spacial score (nSPS) is 12.8. The number of aryl methyl sites for hydroxylation is 2. The van der Waals surface area contributed by atoms with Crippen LogP contribution in [0.5, 0.6) is 0 Å². The van der Waals surface area contributed by atoms with Crippen molar-refractivity contribution in [3.05, 3.63) is 63.6 Å². The molecule has 148 valence electrons. The van der Waals surface area contributed by atoms with Crippen LogP contribution in [0.25, 0.3) is 10.9 Å². The summed E-state index contributed by atoms with van der Waals surface area (Å²) in [6.07, 6.45) is 2.57. The molecule has 0 unspecified atom stereocenters. The van der Waals surface area contributed by atoms with E-state index in [9.17, 15) is 14.4 Å². The molecule has 1 aliphatic carbocycles. The van der Waals surface area contributed by atoms with Gasteiger partial charge in [-0.3, -0.25) is 14.6 Å². The van der Waals surface area contributed by atoms with Crippen LogP contribution in [-0.2, 0) is 17.6 Å². The van der Waals surface area contributed by atoms with Gasteiger partial charge in [-0.15, -0.1) is 0 Å². The molecule has 0 bridgehead atoms. The second kappa shape index (κ2) is 7.28. The quantitative estimate of drug-likeness (QED) is 0.527. The van der Waals surface area contributed by atoms with E-state index in [1.54, 1.807) is 13.8 Å². The van der Waals surface area contributed by atoms with E-state index in [1.165, 1.54) is 6.92 Å². The lowest BCUT2D eigenvalue weighted by Crippen LogP contribution is -2.17. The molecule has 0 amide bonds. The molecule has 29 heavy (non-hydrogen) atoms. The molecule has 0 saturated carbocycles. The van der Waals surface area contributed by atoms with Crippen LogP contribution in [-0.4, -0.2) is 34.1 Å². The summed E-state index contributed by atoms with van der Waals surface area (Å²) in [5.41, 5.74) is 5.18. The maximum absolute atomic E-state index is 13.0. The van der Waals surface area contributed by atoms with Gasteiger partial charge < -0.3 is 9.72 Å². The van der Waals surface area contributed by atoms with Gasteiger partial charge in [0.1, 0.15) is 0 Å². The molecular formula is C23H22N2O4. The van der Waals surface area contributed by atoms with Crippen LogP contribution >= 0.6 is 0 Å². The summed E-state index contributed by atoms with van der Waals surface area (Å²) in [6.45, 7) is 4.55. The Balaban J connectivity index is 1.61. The molecule has 6 heteroatoms. The van der Waals surface area contributed by atoms with E-state index in [0.29, 0.717) is 28.1 Å². The highest BCUT2D eigenvalue weighted by Crippen LogP contribution is 2.30. The van der Waals surface area contributed by atoms with E-state index in [1.807, 2.05) is 24.3 Å². The van der Waals surface area contributed by atoms with Crippen LogP contribution in [0.15, 0.2) is 24.3 Å². The smallest absolute Gasteiger partial charge is 0.339 e. The highest BCUT2D eigenvalue weighted by Gasteiger charge is 2.26. The Hall–Kier alpha value is -3.28. The number of benzene rings is 1. The van der Waals surface area contributed by atoms with Gasteiger partial charge in [-0.05, 0) is 57.2 Å². The Morgan fingerprint density at radius 3 is 2.59 bits per heavy atom. The Morgan fingerprint density at radius 1 is 1.10 bits per heavy atom. The third-order valence-corrected chi connectivity index (χ3v) is 5.53. The fourth-order valence-electron chi connectivity index (χ4n) is 4.28. The molecule has 3 aromatic rings. The van der Waals surface area contributed by atoms with Crippen molar-refractivity contribution in [2.24, 2.45) is 0 Å². The van der Waals surface area contributed by atoms with Gasteiger partial charge in [0.2, 0.25) is 5.78 Å². The molecule has 0 aliphatic heterocycles. The number of nitrogens with zero attached hydrogens (tertiary/aromatic N) is 1. The first-order valence-corrected chi connectivity index (χ1v) is 9.69. The van der Waals surface area contributed by atoms with Crippen LogP contribution in [0, 0.1) is 13.8 Å². The first-order chi connectivity index (χ1) is 13.9. The van der Waals surface area contributed by atoms with Gasteiger partial charge in [0.15, 0.2) is 12.4 Å². The van der Waals surface area contributed by atoms with Crippen LogP contribution < -0.4 is 0 Å². The SMILES string of the molecule is CC(=O)c1c(C)[nH]c(C(=O)COC(=O)c2c3c(nc4ccccc24)CCC3)c1C. The summed E-state index contributed by atoms with van der Waals surface area (Å²) in [5.74, 6) is -0.976. The highest BCUT2D eigenvalue weighted by atomic mass is 16.5. The third kappa shape index (κ3) is 3.24. The zero-order valence-corrected chi connectivity index (χ0v) is 16.7. The molecule has 2 aromatic heterocycles. The Morgan fingerprint density at radius 2 is 1.86 bits per heavy atom. The summed E-state index contributed by atoms with van der Waals surface area (Å²) in [4.78, 5) is 45.0. The first-order valence-electron chi connectivity index (χ1n) is 9.69. The van der Waals surface area contributed by atoms with E-state index in [-0.39, 0.29) is 18.2 Å². The molecule has 1 aromatic carbocycles. The predicted molar refractivity (Wildman–Crippen MR) is 109 cm³/mol. The van der Waals surface area contributed by atoms with Crippen LogP contribution in [0.3, 0.4) is 0 Å². The molecule has 1 aliphatic rings. The number of aromatic nitrogens is 2. The summed E-state index contributed by atoms with van der Waals surface area (Å²) in [7, 11) is 0. The number of carbonyl (C=O) groups is 3. The number of esters is 1. The lowest BCUT2D eigenvalue weighted by Gasteiger charge is -2.12. The molecule has 6 nitrogen and oxygen atoms in total. The molecule has 0 radical (unpaired) electrons. The number of fused-ring (bicyclic) bond motifs is 2. The zero-order valence-electron chi connectivity index (χ0n) is 16.7. The van der Waals surface area contributed by atoms with E-state index < -0.39 is 5.97 Å². The fraction of sp³-hybridized carbons (Fsp3) is 0.304. The third-order valence-electron chi connectivity index (χ3n) is 5.53. The number of pyridine rings is 1. The average Bonchev–Trinajstić information content (AvgIpc) is 3.27. The predicted octanol–water partition coefficient (Wildman–Crippen LogP) is 3.91. The number of hydrogen-bond acceptors (Lipinski definition) is 5. The number of rotatable bonds is 5. The van der Waals surface area contributed by atoms with Gasteiger partial charge in [0, 0.05) is 22.3 Å². The zero-order chi connectivity index (χ0) is 20.7. The van der Waals surface area contributed by atoms with Crippen LogP contribution in [0.2, 0.25) is 0 Å². The van der Waals surface area contributed by atoms with Crippen molar-refractivity contribution in [2.45, 2.75) is 40.0 Å². The Labute approximate surface area is 168 Å². The number of H-pyrrole nitrogens is 1. The molecular weight excluding hydrogens is 368 g/mol. The van der Waals surface area contributed by atoms with E-state index in [2.05, 4.69) is 9.97 Å². The second-order valence-electron chi connectivity index (χ2n) is 7.46. The minimum Gasteiger partial charge on any atom is -0.454 e. The van der Waals surface area contributed by atoms with Gasteiger partial charge in [-0.25, -0.2) is 4.79 Å². The summed E-state index contributed by atoms with van der Waals surface area (Å²) >= 11 is 0. The minimum absolute atomic E-state index is 0.105. The van der Waals surface area contributed by atoms with Crippen molar-refractivity contribution in [1.82, 2.24) is 9.97 Å². The topological polar surface area (TPSA) is 89.1 Å². The maximum atomic E-state index is 13.0. The highest BCUT2D eigenvalue weighted by molar-refractivity contribution is 6.07. The molecule has 0 atom stereocenters. The molecule has 4 rings (SSSR count). The first kappa shape index (κ1) is 19.1. The van der Waals surface area contributed by atoms with Gasteiger partial charge in [0.25, 0.3) is 0 Å². The molecule has 0 saturated heterocycles. The largest absolute Gasteiger partial charge is 0.454 e. The number of ether oxygens (including phenoxy) is 1. The molecule has 2 heterocycles. The van der Waals surface area contributed by atoms with Crippen molar-refractivity contribution in [3.63, 3.8) is 0 Å². The summed E-state index contributed by atoms with van der Waals surface area (Å²) in [5, 5.41) is 0.747. The van der Waals surface area contributed by atoms with E-state index >= 15 is 0 Å². The van der Waals surface area contributed by atoms with Crippen molar-refractivity contribution in [3.8, 4) is 0 Å². The summed E-state index contributed by atoms with van der Waals surface area (Å²) < 4.78 is 5.42. The van der Waals surface area contributed by atoms with Gasteiger partial charge >= 0.3 is 5.97 Å². The van der Waals surface area contributed by atoms with Gasteiger partial charge in [-0.2, -0.15) is 0 Å². The van der Waals surface area contributed by atoms with Crippen molar-refractivity contribution < 1.29 is 19.1 Å². The number of aromatic amines is 1. The Bertz CT molecular complexity index is 1170. The van der Waals surface area contributed by atoms with E-state index in [4.69, 9.17) is 4.74 Å². The number of Topliss-reactive ketones (excluding diaryl/α,β-unsaturated/α-hetero) is 2. The maximum Gasteiger partial charge on any atom is 0.339 e. The minimum atomic E-state index is -0.511. The van der Waals surface area contributed by atoms with Crippen molar-refractivity contribution in [2.75, 3.05) is 6.61 Å². The number of carbonyl (C=O) groups excluding carboxylic acids is 3. The van der Waals surface area contributed by atoms with E-state index in [0.717, 1.165) is 41.4 Å².